The van der Waals surface area contributed by atoms with E-state index in [1.807, 2.05) is 38.1 Å². The van der Waals surface area contributed by atoms with Crippen LogP contribution in [-0.2, 0) is 11.3 Å². The van der Waals surface area contributed by atoms with Gasteiger partial charge in [-0.1, -0.05) is 18.2 Å². The number of pyridine rings is 1. The van der Waals surface area contributed by atoms with E-state index < -0.39 is 0 Å². The topological polar surface area (TPSA) is 51.1 Å². The highest BCUT2D eigenvalue weighted by atomic mass is 16.2. The van der Waals surface area contributed by atoms with Crippen molar-refractivity contribution in [3.05, 3.63) is 46.9 Å². The van der Waals surface area contributed by atoms with Crippen molar-refractivity contribution < 1.29 is 4.79 Å². The fraction of sp³-hybridized carbons (Fsp3) is 0.286. The summed E-state index contributed by atoms with van der Waals surface area (Å²) in [5.41, 5.74) is -0.132. The van der Waals surface area contributed by atoms with Gasteiger partial charge in [0.1, 0.15) is 6.54 Å². The number of carbonyl (C=O) groups is 1. The van der Waals surface area contributed by atoms with Crippen molar-refractivity contribution in [2.75, 3.05) is 0 Å². The molecule has 1 heterocycles. The number of benzene rings is 1. The smallest absolute Gasteiger partial charge is 0.258 e. The summed E-state index contributed by atoms with van der Waals surface area (Å²) in [6, 6.07) is 9.29. The molecule has 0 saturated carbocycles. The largest absolute Gasteiger partial charge is 0.352 e. The minimum Gasteiger partial charge on any atom is -0.352 e. The summed E-state index contributed by atoms with van der Waals surface area (Å²) < 4.78 is 1.43. The number of hydrogen-bond acceptors (Lipinski definition) is 2. The van der Waals surface area contributed by atoms with E-state index in [9.17, 15) is 9.59 Å². The molecule has 4 nitrogen and oxygen atoms in total. The molecule has 4 heteroatoms. The molecule has 0 aliphatic heterocycles. The summed E-state index contributed by atoms with van der Waals surface area (Å²) in [7, 11) is 0. The van der Waals surface area contributed by atoms with E-state index in [0.29, 0.717) is 5.39 Å². The van der Waals surface area contributed by atoms with Gasteiger partial charge in [-0.2, -0.15) is 0 Å². The minimum absolute atomic E-state index is 0.0574. The van der Waals surface area contributed by atoms with Gasteiger partial charge in [0.15, 0.2) is 0 Å². The first kappa shape index (κ1) is 12.4. The molecule has 1 aromatic carbocycles. The third-order valence-corrected chi connectivity index (χ3v) is 2.65. The predicted molar refractivity (Wildman–Crippen MR) is 71.5 cm³/mol. The van der Waals surface area contributed by atoms with Crippen molar-refractivity contribution in [3.8, 4) is 0 Å². The third kappa shape index (κ3) is 2.59. The van der Waals surface area contributed by atoms with Crippen LogP contribution in [0, 0.1) is 0 Å². The molecule has 0 spiro atoms. The van der Waals surface area contributed by atoms with Crippen molar-refractivity contribution in [2.24, 2.45) is 0 Å². The van der Waals surface area contributed by atoms with E-state index in [1.54, 1.807) is 12.3 Å². The van der Waals surface area contributed by atoms with Crippen molar-refractivity contribution in [1.29, 1.82) is 0 Å². The number of nitrogens with one attached hydrogen (secondary N) is 1. The van der Waals surface area contributed by atoms with Crippen LogP contribution in [0.4, 0.5) is 0 Å². The van der Waals surface area contributed by atoms with Gasteiger partial charge in [0.2, 0.25) is 5.91 Å². The summed E-state index contributed by atoms with van der Waals surface area (Å²) in [6.45, 7) is 3.84. The molecule has 94 valence electrons. The van der Waals surface area contributed by atoms with Crippen LogP contribution in [0.1, 0.15) is 13.8 Å². The second kappa shape index (κ2) is 5.04. The van der Waals surface area contributed by atoms with Crippen LogP contribution in [0.3, 0.4) is 0 Å². The third-order valence-electron chi connectivity index (χ3n) is 2.65. The summed E-state index contributed by atoms with van der Waals surface area (Å²) in [5.74, 6) is -0.151. The van der Waals surface area contributed by atoms with Crippen molar-refractivity contribution in [1.82, 2.24) is 9.88 Å². The first-order valence-corrected chi connectivity index (χ1v) is 5.95. The molecule has 18 heavy (non-hydrogen) atoms. The lowest BCUT2D eigenvalue weighted by molar-refractivity contribution is -0.122. The number of carbonyl (C=O) groups excluding carboxylic acids is 1. The van der Waals surface area contributed by atoms with Crippen molar-refractivity contribution >= 4 is 16.7 Å². The Kier molecular flexibility index (Phi) is 3.46. The number of amides is 1. The number of hydrogen-bond donors (Lipinski definition) is 1. The number of fused-ring (bicyclic) bond motifs is 1. The van der Waals surface area contributed by atoms with Crippen LogP contribution in [0.5, 0.6) is 0 Å². The fourth-order valence-corrected chi connectivity index (χ4v) is 1.88. The zero-order valence-corrected chi connectivity index (χ0v) is 10.5. The monoisotopic (exact) mass is 244 g/mol. The molecule has 1 N–H and O–H groups in total. The van der Waals surface area contributed by atoms with Crippen LogP contribution in [0.25, 0.3) is 10.8 Å². The van der Waals surface area contributed by atoms with Crippen LogP contribution in [0.15, 0.2) is 41.3 Å². The van der Waals surface area contributed by atoms with Gasteiger partial charge < -0.3 is 9.88 Å². The van der Waals surface area contributed by atoms with Crippen LogP contribution in [0.2, 0.25) is 0 Å². The second-order valence-corrected chi connectivity index (χ2v) is 4.56. The standard InChI is InChI=1S/C14H16N2O2/c1-10(2)15-13(17)9-16-8-7-11-5-3-4-6-12(11)14(16)18/h3-8,10H,9H2,1-2H3,(H,15,17). The van der Waals surface area contributed by atoms with Gasteiger partial charge in [0.05, 0.1) is 0 Å². The van der Waals surface area contributed by atoms with E-state index in [-0.39, 0.29) is 24.1 Å². The highest BCUT2D eigenvalue weighted by Gasteiger charge is 2.07. The number of aromatic nitrogens is 1. The lowest BCUT2D eigenvalue weighted by Gasteiger charge is -2.10. The van der Waals surface area contributed by atoms with E-state index >= 15 is 0 Å². The number of rotatable bonds is 3. The molecule has 0 saturated heterocycles. The van der Waals surface area contributed by atoms with Gasteiger partial charge in [-0.15, -0.1) is 0 Å². The first-order valence-electron chi connectivity index (χ1n) is 5.95. The maximum Gasteiger partial charge on any atom is 0.258 e. The highest BCUT2D eigenvalue weighted by Crippen LogP contribution is 2.07. The van der Waals surface area contributed by atoms with Crippen LogP contribution in [-0.4, -0.2) is 16.5 Å². The predicted octanol–water partition coefficient (Wildman–Crippen LogP) is 1.53. The van der Waals surface area contributed by atoms with Gasteiger partial charge in [-0.25, -0.2) is 0 Å². The zero-order valence-electron chi connectivity index (χ0n) is 10.5. The van der Waals surface area contributed by atoms with E-state index in [1.165, 1.54) is 4.57 Å². The maximum atomic E-state index is 12.1. The SMILES string of the molecule is CC(C)NC(=O)Cn1ccc2ccccc2c1=O. The lowest BCUT2D eigenvalue weighted by atomic mass is 10.2. The van der Waals surface area contributed by atoms with Gasteiger partial charge >= 0.3 is 0 Å². The quantitative estimate of drug-likeness (QED) is 0.890. The highest BCUT2D eigenvalue weighted by molar-refractivity contribution is 5.82. The summed E-state index contributed by atoms with van der Waals surface area (Å²) in [4.78, 5) is 23.8. The Bertz CT molecular complexity index is 629. The normalized spacial score (nSPS) is 10.8. The molecule has 1 aromatic heterocycles. The van der Waals surface area contributed by atoms with Crippen molar-refractivity contribution in [2.45, 2.75) is 26.4 Å². The molecule has 0 fully saturated rings. The first-order chi connectivity index (χ1) is 8.58. The Balaban J connectivity index is 2.32. The Labute approximate surface area is 105 Å². The van der Waals surface area contributed by atoms with E-state index in [2.05, 4.69) is 5.32 Å². The average Bonchev–Trinajstić information content (AvgIpc) is 2.32. The number of nitrogens with zero attached hydrogens (tertiary/aromatic N) is 1. The van der Waals surface area contributed by atoms with Gasteiger partial charge in [0.25, 0.3) is 5.56 Å². The molecule has 2 rings (SSSR count). The molecule has 0 bridgehead atoms. The lowest BCUT2D eigenvalue weighted by Crippen LogP contribution is -2.35. The fourth-order valence-electron chi connectivity index (χ4n) is 1.88. The Hall–Kier alpha value is -2.10. The molecule has 0 aliphatic rings. The van der Waals surface area contributed by atoms with Crippen LogP contribution < -0.4 is 10.9 Å². The van der Waals surface area contributed by atoms with Gasteiger partial charge in [-0.05, 0) is 31.4 Å². The molecular formula is C14H16N2O2. The Morgan fingerprint density at radius 1 is 1.28 bits per heavy atom. The summed E-state index contributed by atoms with van der Waals surface area (Å²) in [6.07, 6.45) is 1.66. The van der Waals surface area contributed by atoms with Crippen molar-refractivity contribution in [3.63, 3.8) is 0 Å². The Morgan fingerprint density at radius 2 is 2.00 bits per heavy atom. The van der Waals surface area contributed by atoms with Gasteiger partial charge in [-0.3, -0.25) is 9.59 Å². The molecule has 2 aromatic rings. The second-order valence-electron chi connectivity index (χ2n) is 4.56. The minimum atomic E-state index is -0.151. The van der Waals surface area contributed by atoms with Crippen LogP contribution >= 0.6 is 0 Å². The molecule has 0 aliphatic carbocycles. The average molecular weight is 244 g/mol. The summed E-state index contributed by atoms with van der Waals surface area (Å²) >= 11 is 0. The maximum absolute atomic E-state index is 12.1. The molecular weight excluding hydrogens is 228 g/mol. The molecule has 0 atom stereocenters. The van der Waals surface area contributed by atoms with Gasteiger partial charge in [0, 0.05) is 17.6 Å². The Morgan fingerprint density at radius 3 is 2.72 bits per heavy atom. The summed E-state index contributed by atoms with van der Waals surface area (Å²) in [5, 5.41) is 4.30. The zero-order chi connectivity index (χ0) is 13.1. The van der Waals surface area contributed by atoms with E-state index in [4.69, 9.17) is 0 Å². The molecule has 0 radical (unpaired) electrons. The van der Waals surface area contributed by atoms with E-state index in [0.717, 1.165) is 5.39 Å². The molecule has 1 amide bonds. The molecule has 0 unspecified atom stereocenters.